The van der Waals surface area contributed by atoms with Crippen molar-refractivity contribution in [2.45, 2.75) is 26.4 Å². The molecule has 4 heteroatoms. The lowest BCUT2D eigenvalue weighted by Gasteiger charge is -2.07. The van der Waals surface area contributed by atoms with Gasteiger partial charge in [-0.25, -0.2) is 4.79 Å². The Balaban J connectivity index is 2.69. The summed E-state index contributed by atoms with van der Waals surface area (Å²) < 4.78 is 9.68. The fourth-order valence-electron chi connectivity index (χ4n) is 1.31. The van der Waals surface area contributed by atoms with Crippen LogP contribution in [0.5, 0.6) is 0 Å². The average molecular weight is 184 g/mol. The molecule has 0 aromatic heterocycles. The molecule has 0 amide bonds. The minimum atomic E-state index is -0.635. The minimum absolute atomic E-state index is 0.0519. The van der Waals surface area contributed by atoms with Crippen LogP contribution in [0, 0.1) is 0 Å². The summed E-state index contributed by atoms with van der Waals surface area (Å²) in [5, 5.41) is 0. The standard InChI is InChI=1S/C9H12O4/c1-5(10)7-4-8(9(11)12-3)13-6(7)2/h8H,4H2,1-3H3. The number of Topliss-reactive ketones (excluding diaryl/α,β-unsaturated/α-hetero) is 1. The van der Waals surface area contributed by atoms with Gasteiger partial charge in [-0.1, -0.05) is 0 Å². The Labute approximate surface area is 76.5 Å². The van der Waals surface area contributed by atoms with Crippen LogP contribution in [-0.4, -0.2) is 25.0 Å². The van der Waals surface area contributed by atoms with Gasteiger partial charge in [0.05, 0.1) is 7.11 Å². The van der Waals surface area contributed by atoms with Crippen molar-refractivity contribution in [1.82, 2.24) is 0 Å². The summed E-state index contributed by atoms with van der Waals surface area (Å²) in [5.74, 6) is 0.0439. The molecule has 13 heavy (non-hydrogen) atoms. The Kier molecular flexibility index (Phi) is 2.70. The molecule has 0 aliphatic carbocycles. The highest BCUT2D eigenvalue weighted by atomic mass is 16.6. The Hall–Kier alpha value is -1.32. The summed E-state index contributed by atoms with van der Waals surface area (Å²) in [6.45, 7) is 3.14. The molecule has 0 aromatic rings. The van der Waals surface area contributed by atoms with E-state index >= 15 is 0 Å². The van der Waals surface area contributed by atoms with E-state index < -0.39 is 12.1 Å². The maximum absolute atomic E-state index is 11.0. The lowest BCUT2D eigenvalue weighted by atomic mass is 10.1. The van der Waals surface area contributed by atoms with E-state index in [0.717, 1.165) is 0 Å². The van der Waals surface area contributed by atoms with Crippen LogP contribution < -0.4 is 0 Å². The Bertz CT molecular complexity index is 277. The molecule has 0 bridgehead atoms. The van der Waals surface area contributed by atoms with Crippen LogP contribution >= 0.6 is 0 Å². The Morgan fingerprint density at radius 1 is 1.54 bits per heavy atom. The van der Waals surface area contributed by atoms with Gasteiger partial charge in [0.2, 0.25) is 0 Å². The van der Waals surface area contributed by atoms with Crippen LogP contribution in [0.25, 0.3) is 0 Å². The quantitative estimate of drug-likeness (QED) is 0.596. The Morgan fingerprint density at radius 2 is 2.15 bits per heavy atom. The van der Waals surface area contributed by atoms with Crippen molar-refractivity contribution in [1.29, 1.82) is 0 Å². The molecule has 0 saturated heterocycles. The summed E-state index contributed by atoms with van der Waals surface area (Å²) in [5.41, 5.74) is 0.579. The van der Waals surface area contributed by atoms with Gasteiger partial charge in [-0.15, -0.1) is 0 Å². The predicted molar refractivity (Wildman–Crippen MR) is 44.9 cm³/mol. The molecule has 1 heterocycles. The van der Waals surface area contributed by atoms with Gasteiger partial charge in [0.15, 0.2) is 11.9 Å². The van der Waals surface area contributed by atoms with Crippen molar-refractivity contribution in [3.8, 4) is 0 Å². The molecule has 4 nitrogen and oxygen atoms in total. The van der Waals surface area contributed by atoms with Crippen LogP contribution in [0.2, 0.25) is 0 Å². The first-order chi connectivity index (χ1) is 6.06. The molecule has 1 aliphatic heterocycles. The molecule has 0 saturated carbocycles. The van der Waals surface area contributed by atoms with Crippen LogP contribution in [0.1, 0.15) is 20.3 Å². The molecule has 1 aliphatic rings. The fourth-order valence-corrected chi connectivity index (χ4v) is 1.31. The van der Waals surface area contributed by atoms with Crippen LogP contribution in [0.4, 0.5) is 0 Å². The number of carbonyl (C=O) groups is 2. The zero-order valence-corrected chi connectivity index (χ0v) is 7.92. The van der Waals surface area contributed by atoms with Crippen molar-refractivity contribution in [3.63, 3.8) is 0 Å². The van der Waals surface area contributed by atoms with E-state index in [1.165, 1.54) is 14.0 Å². The predicted octanol–water partition coefficient (Wildman–Crippen LogP) is 0.811. The van der Waals surface area contributed by atoms with E-state index in [0.29, 0.717) is 17.8 Å². The summed E-state index contributed by atoms with van der Waals surface area (Å²) in [6.07, 6.45) is -0.308. The molecule has 1 unspecified atom stereocenters. The van der Waals surface area contributed by atoms with E-state index in [2.05, 4.69) is 4.74 Å². The van der Waals surface area contributed by atoms with Gasteiger partial charge in [-0.05, 0) is 13.8 Å². The fraction of sp³-hybridized carbons (Fsp3) is 0.556. The molecule has 1 rings (SSSR count). The van der Waals surface area contributed by atoms with Gasteiger partial charge < -0.3 is 9.47 Å². The molecular weight excluding hydrogens is 172 g/mol. The molecule has 0 fully saturated rings. The van der Waals surface area contributed by atoms with E-state index in [1.54, 1.807) is 6.92 Å². The number of methoxy groups -OCH3 is 1. The van der Waals surface area contributed by atoms with Crippen molar-refractivity contribution >= 4 is 11.8 Å². The highest BCUT2D eigenvalue weighted by Gasteiger charge is 2.31. The van der Waals surface area contributed by atoms with Crippen molar-refractivity contribution in [3.05, 3.63) is 11.3 Å². The van der Waals surface area contributed by atoms with Gasteiger partial charge >= 0.3 is 5.97 Å². The molecule has 0 radical (unpaired) electrons. The first kappa shape index (κ1) is 9.77. The Morgan fingerprint density at radius 3 is 2.54 bits per heavy atom. The number of hydrogen-bond donors (Lipinski definition) is 0. The van der Waals surface area contributed by atoms with E-state index in [1.807, 2.05) is 0 Å². The number of rotatable bonds is 2. The van der Waals surface area contributed by atoms with E-state index in [-0.39, 0.29) is 5.78 Å². The molecule has 72 valence electrons. The third-order valence-electron chi connectivity index (χ3n) is 2.02. The summed E-state index contributed by atoms with van der Waals surface area (Å²) in [4.78, 5) is 22.1. The molecule has 0 N–H and O–H groups in total. The number of ether oxygens (including phenoxy) is 2. The molecule has 1 atom stereocenters. The lowest BCUT2D eigenvalue weighted by molar-refractivity contribution is -0.150. The van der Waals surface area contributed by atoms with Crippen LogP contribution in [-0.2, 0) is 19.1 Å². The second-order valence-electron chi connectivity index (χ2n) is 2.92. The normalized spacial score (nSPS) is 21.3. The second-order valence-corrected chi connectivity index (χ2v) is 2.92. The largest absolute Gasteiger partial charge is 0.483 e. The highest BCUT2D eigenvalue weighted by Crippen LogP contribution is 2.25. The number of carbonyl (C=O) groups excluding carboxylic acids is 2. The highest BCUT2D eigenvalue weighted by molar-refractivity contribution is 5.95. The third kappa shape index (κ3) is 1.88. The SMILES string of the molecule is COC(=O)C1CC(C(C)=O)=C(C)O1. The lowest BCUT2D eigenvalue weighted by Crippen LogP contribution is -2.21. The zero-order valence-electron chi connectivity index (χ0n) is 7.92. The first-order valence-corrected chi connectivity index (χ1v) is 4.01. The maximum Gasteiger partial charge on any atom is 0.347 e. The van der Waals surface area contributed by atoms with Crippen LogP contribution in [0.15, 0.2) is 11.3 Å². The topological polar surface area (TPSA) is 52.6 Å². The van der Waals surface area contributed by atoms with E-state index in [4.69, 9.17) is 4.74 Å². The smallest absolute Gasteiger partial charge is 0.347 e. The van der Waals surface area contributed by atoms with Gasteiger partial charge in [-0.2, -0.15) is 0 Å². The number of allylic oxidation sites excluding steroid dienone is 1. The second kappa shape index (κ2) is 3.60. The van der Waals surface area contributed by atoms with Gasteiger partial charge in [0, 0.05) is 12.0 Å². The zero-order chi connectivity index (χ0) is 10.0. The molecule has 0 spiro atoms. The minimum Gasteiger partial charge on any atom is -0.483 e. The number of esters is 1. The summed E-state index contributed by atoms with van der Waals surface area (Å²) in [7, 11) is 1.30. The molecule has 0 aromatic carbocycles. The van der Waals surface area contributed by atoms with Crippen molar-refractivity contribution < 1.29 is 19.1 Å². The summed E-state index contributed by atoms with van der Waals surface area (Å²) in [6, 6.07) is 0. The van der Waals surface area contributed by atoms with Crippen LogP contribution in [0.3, 0.4) is 0 Å². The number of hydrogen-bond acceptors (Lipinski definition) is 4. The summed E-state index contributed by atoms with van der Waals surface area (Å²) >= 11 is 0. The molecular formula is C9H12O4. The van der Waals surface area contributed by atoms with Gasteiger partial charge in [0.25, 0.3) is 0 Å². The average Bonchev–Trinajstić information content (AvgIpc) is 2.46. The van der Waals surface area contributed by atoms with Gasteiger partial charge in [0.1, 0.15) is 5.76 Å². The third-order valence-corrected chi connectivity index (χ3v) is 2.02. The first-order valence-electron chi connectivity index (χ1n) is 4.01. The number of ketones is 1. The van der Waals surface area contributed by atoms with Gasteiger partial charge in [-0.3, -0.25) is 4.79 Å². The van der Waals surface area contributed by atoms with Crippen molar-refractivity contribution in [2.75, 3.05) is 7.11 Å². The maximum atomic E-state index is 11.0. The van der Waals surface area contributed by atoms with Crippen molar-refractivity contribution in [2.24, 2.45) is 0 Å². The van der Waals surface area contributed by atoms with E-state index in [9.17, 15) is 9.59 Å². The monoisotopic (exact) mass is 184 g/mol.